The zero-order valence-corrected chi connectivity index (χ0v) is 22.3. The summed E-state index contributed by atoms with van der Waals surface area (Å²) in [5.74, 6) is 0. The van der Waals surface area contributed by atoms with Gasteiger partial charge in [0.15, 0.2) is 0 Å². The van der Waals surface area contributed by atoms with E-state index in [9.17, 15) is 0 Å². The largest absolute Gasteiger partial charge is 0.378 e. The smallest absolute Gasteiger partial charge is 0.0725 e. The van der Waals surface area contributed by atoms with Crippen molar-refractivity contribution < 1.29 is 0 Å². The van der Waals surface area contributed by atoms with Crippen LogP contribution in [-0.4, -0.2) is 26.0 Å². The second-order valence-corrected chi connectivity index (χ2v) is 11.0. The van der Waals surface area contributed by atoms with Gasteiger partial charge in [-0.3, -0.25) is 4.90 Å². The monoisotopic (exact) mass is 492 g/mol. The lowest BCUT2D eigenvalue weighted by atomic mass is 9.70. The van der Waals surface area contributed by atoms with Crippen molar-refractivity contribution >= 4 is 5.69 Å². The van der Waals surface area contributed by atoms with Crippen molar-refractivity contribution in [1.29, 1.82) is 0 Å². The molecule has 5 aromatic carbocycles. The molecule has 0 aromatic heterocycles. The first-order chi connectivity index (χ1) is 18.6. The van der Waals surface area contributed by atoms with Crippen LogP contribution in [0.3, 0.4) is 0 Å². The molecule has 186 valence electrons. The Hall–Kier alpha value is -4.14. The van der Waals surface area contributed by atoms with Crippen molar-refractivity contribution in [2.45, 2.75) is 18.5 Å². The van der Waals surface area contributed by atoms with Gasteiger partial charge in [0.1, 0.15) is 0 Å². The molecule has 0 aliphatic heterocycles. The van der Waals surface area contributed by atoms with Gasteiger partial charge in [-0.05, 0) is 74.8 Å². The Morgan fingerprint density at radius 3 is 1.74 bits per heavy atom. The lowest BCUT2D eigenvalue weighted by Gasteiger charge is -2.30. The average molecular weight is 493 g/mol. The van der Waals surface area contributed by atoms with Gasteiger partial charge in [-0.2, -0.15) is 0 Å². The van der Waals surface area contributed by atoms with E-state index in [-0.39, 0.29) is 5.41 Å². The Balaban J connectivity index is 1.37. The number of benzene rings is 5. The minimum absolute atomic E-state index is 0.270. The molecule has 2 aliphatic carbocycles. The van der Waals surface area contributed by atoms with Gasteiger partial charge in [0.2, 0.25) is 0 Å². The van der Waals surface area contributed by atoms with Gasteiger partial charge in [0.25, 0.3) is 0 Å². The highest BCUT2D eigenvalue weighted by atomic mass is 15.1. The van der Waals surface area contributed by atoms with E-state index >= 15 is 0 Å². The summed E-state index contributed by atoms with van der Waals surface area (Å²) in [6.07, 6.45) is 0. The zero-order chi connectivity index (χ0) is 25.9. The van der Waals surface area contributed by atoms with Crippen LogP contribution < -0.4 is 4.90 Å². The van der Waals surface area contributed by atoms with E-state index in [1.54, 1.807) is 0 Å². The molecule has 0 heterocycles. The van der Waals surface area contributed by atoms with Crippen LogP contribution in [0.5, 0.6) is 0 Å². The van der Waals surface area contributed by atoms with E-state index in [1.165, 1.54) is 61.3 Å². The molecule has 0 saturated heterocycles. The number of fused-ring (bicyclic) bond motifs is 10. The molecule has 38 heavy (non-hydrogen) atoms. The maximum Gasteiger partial charge on any atom is 0.0725 e. The molecule has 0 N–H and O–H groups in total. The number of hydrogen-bond acceptors (Lipinski definition) is 2. The third kappa shape index (κ3) is 3.23. The summed E-state index contributed by atoms with van der Waals surface area (Å²) in [5, 5.41) is 0. The van der Waals surface area contributed by atoms with Crippen molar-refractivity contribution in [1.82, 2.24) is 4.90 Å². The van der Waals surface area contributed by atoms with Crippen LogP contribution in [0, 0.1) is 0 Å². The molecule has 2 heteroatoms. The van der Waals surface area contributed by atoms with Crippen molar-refractivity contribution in [3.8, 4) is 22.3 Å². The second kappa shape index (κ2) is 8.72. The van der Waals surface area contributed by atoms with Crippen LogP contribution in [-0.2, 0) is 18.5 Å². The number of anilines is 1. The van der Waals surface area contributed by atoms with Gasteiger partial charge in [-0.1, -0.05) is 103 Å². The fourth-order valence-electron chi connectivity index (χ4n) is 6.94. The van der Waals surface area contributed by atoms with E-state index in [0.29, 0.717) is 0 Å². The Morgan fingerprint density at radius 1 is 0.526 bits per heavy atom. The minimum Gasteiger partial charge on any atom is -0.378 e. The van der Waals surface area contributed by atoms with Crippen LogP contribution in [0.2, 0.25) is 0 Å². The molecule has 0 unspecified atom stereocenters. The van der Waals surface area contributed by atoms with Crippen molar-refractivity contribution in [3.05, 3.63) is 149 Å². The van der Waals surface area contributed by atoms with E-state index in [2.05, 4.69) is 146 Å². The Morgan fingerprint density at radius 2 is 1.08 bits per heavy atom. The van der Waals surface area contributed by atoms with Crippen molar-refractivity contribution in [2.24, 2.45) is 0 Å². The van der Waals surface area contributed by atoms with Crippen LogP contribution >= 0.6 is 0 Å². The van der Waals surface area contributed by atoms with Gasteiger partial charge in [0, 0.05) is 32.9 Å². The normalized spacial score (nSPS) is 13.8. The molecule has 0 saturated carbocycles. The third-order valence-electron chi connectivity index (χ3n) is 8.43. The van der Waals surface area contributed by atoms with E-state index in [1.807, 2.05) is 0 Å². The quantitative estimate of drug-likeness (QED) is 0.243. The van der Waals surface area contributed by atoms with Gasteiger partial charge in [0.05, 0.1) is 5.41 Å². The summed E-state index contributed by atoms with van der Waals surface area (Å²) in [5.41, 5.74) is 14.8. The molecule has 0 atom stereocenters. The Labute approximate surface area is 225 Å². The third-order valence-corrected chi connectivity index (χ3v) is 8.43. The summed E-state index contributed by atoms with van der Waals surface area (Å²) in [7, 11) is 6.43. The van der Waals surface area contributed by atoms with Crippen molar-refractivity contribution in [3.63, 3.8) is 0 Å². The highest BCUT2D eigenvalue weighted by molar-refractivity contribution is 5.95. The topological polar surface area (TPSA) is 6.48 Å². The van der Waals surface area contributed by atoms with Gasteiger partial charge in [-0.25, -0.2) is 0 Å². The van der Waals surface area contributed by atoms with E-state index < -0.39 is 0 Å². The van der Waals surface area contributed by atoms with E-state index in [0.717, 1.165) is 13.1 Å². The Kier molecular flexibility index (Phi) is 5.28. The summed E-state index contributed by atoms with van der Waals surface area (Å²) < 4.78 is 0. The van der Waals surface area contributed by atoms with Gasteiger partial charge >= 0.3 is 0 Å². The standard InChI is InChI=1S/C36H32N2/c1-37(2)27-14-10-12-25(22-27)23-38(3)24-26-13-11-21-34-35(26)30-17-6-9-20-33(30)36(34)31-18-7-4-15-28(31)29-16-5-8-19-32(29)36/h4-22H,23-24H2,1-3H3. The van der Waals surface area contributed by atoms with Crippen LogP contribution in [0.1, 0.15) is 33.4 Å². The first kappa shape index (κ1) is 23.0. The minimum atomic E-state index is -0.270. The molecule has 0 radical (unpaired) electrons. The highest BCUT2D eigenvalue weighted by Crippen LogP contribution is 2.63. The SMILES string of the molecule is CN(Cc1cccc(N(C)C)c1)Cc1cccc2c1-c1ccccc1C21c2ccccc2-c2ccccc21. The maximum absolute atomic E-state index is 2.44. The van der Waals surface area contributed by atoms with E-state index in [4.69, 9.17) is 0 Å². The van der Waals surface area contributed by atoms with Crippen LogP contribution in [0.4, 0.5) is 5.69 Å². The number of rotatable bonds is 5. The molecule has 0 fully saturated rings. The number of hydrogen-bond donors (Lipinski definition) is 0. The molecule has 5 aromatic rings. The van der Waals surface area contributed by atoms with Gasteiger partial charge in [-0.15, -0.1) is 0 Å². The fraction of sp³-hybridized carbons (Fsp3) is 0.167. The first-order valence-corrected chi connectivity index (χ1v) is 13.5. The molecule has 0 bridgehead atoms. The second-order valence-electron chi connectivity index (χ2n) is 11.0. The van der Waals surface area contributed by atoms with Crippen molar-refractivity contribution in [2.75, 3.05) is 26.0 Å². The summed E-state index contributed by atoms with van der Waals surface area (Å²) in [6, 6.07) is 42.9. The molecular formula is C36H32N2. The van der Waals surface area contributed by atoms with Crippen LogP contribution in [0.15, 0.2) is 115 Å². The number of nitrogens with zero attached hydrogens (tertiary/aromatic N) is 2. The molecular weight excluding hydrogens is 460 g/mol. The summed E-state index contributed by atoms with van der Waals surface area (Å²) >= 11 is 0. The zero-order valence-electron chi connectivity index (χ0n) is 22.3. The maximum atomic E-state index is 2.44. The lowest BCUT2D eigenvalue weighted by Crippen LogP contribution is -2.26. The molecule has 2 nitrogen and oxygen atoms in total. The highest BCUT2D eigenvalue weighted by Gasteiger charge is 2.51. The Bertz CT molecular complexity index is 1630. The summed E-state index contributed by atoms with van der Waals surface area (Å²) in [6.45, 7) is 1.80. The lowest BCUT2D eigenvalue weighted by molar-refractivity contribution is 0.319. The molecule has 7 rings (SSSR count). The first-order valence-electron chi connectivity index (χ1n) is 13.5. The van der Waals surface area contributed by atoms with Gasteiger partial charge < -0.3 is 4.90 Å². The molecule has 1 spiro atoms. The fourth-order valence-corrected chi connectivity index (χ4v) is 6.94. The van der Waals surface area contributed by atoms with Crippen LogP contribution in [0.25, 0.3) is 22.3 Å². The average Bonchev–Trinajstić information content (AvgIpc) is 3.41. The predicted molar refractivity (Wildman–Crippen MR) is 159 cm³/mol. The molecule has 2 aliphatic rings. The summed E-state index contributed by atoms with van der Waals surface area (Å²) in [4.78, 5) is 4.61. The predicted octanol–water partition coefficient (Wildman–Crippen LogP) is 7.73. The molecule has 0 amide bonds.